The van der Waals surface area contributed by atoms with Crippen LogP contribution in [0, 0.1) is 21.7 Å². The summed E-state index contributed by atoms with van der Waals surface area (Å²) in [5.41, 5.74) is 6.70. The van der Waals surface area contributed by atoms with Crippen LogP contribution < -0.4 is 11.1 Å². The Morgan fingerprint density at radius 3 is 2.71 bits per heavy atom. The fourth-order valence-corrected chi connectivity index (χ4v) is 2.78. The molecule has 1 saturated heterocycles. The maximum atomic E-state index is 13.5. The minimum absolute atomic E-state index is 0.111. The number of nitrogen functional groups attached to an aromatic ring is 1. The van der Waals surface area contributed by atoms with Crippen LogP contribution in [0.3, 0.4) is 0 Å². The number of anilines is 2. The van der Waals surface area contributed by atoms with Gasteiger partial charge in [-0.05, 0) is 36.2 Å². The number of nitrogens with one attached hydrogen (secondary N) is 1. The third-order valence-corrected chi connectivity index (χ3v) is 3.92. The number of hydrogen-bond donors (Lipinski definition) is 2. The van der Waals surface area contributed by atoms with E-state index in [9.17, 15) is 18.9 Å². The molecule has 1 heterocycles. The molecule has 1 aliphatic rings. The van der Waals surface area contributed by atoms with Gasteiger partial charge in [-0.25, -0.2) is 8.78 Å². The van der Waals surface area contributed by atoms with Crippen LogP contribution in [-0.4, -0.2) is 17.6 Å². The molecule has 8 heteroatoms. The highest BCUT2D eigenvalue weighted by atomic mass is 19.2. The summed E-state index contributed by atoms with van der Waals surface area (Å²) in [5, 5.41) is 14.2. The molecular formula is C16H15F2N3O3. The molecule has 24 heavy (non-hydrogen) atoms. The van der Waals surface area contributed by atoms with Crippen molar-refractivity contribution < 1.29 is 18.4 Å². The van der Waals surface area contributed by atoms with E-state index in [0.717, 1.165) is 12.1 Å². The van der Waals surface area contributed by atoms with Crippen molar-refractivity contribution in [1.82, 2.24) is 0 Å². The number of nitrogens with zero attached hydrogens (tertiary/aromatic N) is 1. The Labute approximate surface area is 136 Å². The first-order chi connectivity index (χ1) is 11.5. The largest absolute Gasteiger partial charge is 0.399 e. The van der Waals surface area contributed by atoms with E-state index in [1.807, 2.05) is 0 Å². The SMILES string of the molecule is Nc1ccc([N+](=O)[O-])c(N[C@@H]2CCO[C@H]2c2ccc(F)c(F)c2)c1. The van der Waals surface area contributed by atoms with Crippen LogP contribution in [0.15, 0.2) is 36.4 Å². The van der Waals surface area contributed by atoms with E-state index in [-0.39, 0.29) is 17.4 Å². The Balaban J connectivity index is 1.88. The molecule has 3 rings (SSSR count). The predicted octanol–water partition coefficient (Wildman–Crippen LogP) is 3.40. The van der Waals surface area contributed by atoms with Crippen LogP contribution in [0.5, 0.6) is 0 Å². The zero-order valence-corrected chi connectivity index (χ0v) is 12.5. The lowest BCUT2D eigenvalue weighted by molar-refractivity contribution is -0.384. The number of halogens is 2. The van der Waals surface area contributed by atoms with E-state index in [4.69, 9.17) is 10.5 Å². The van der Waals surface area contributed by atoms with Crippen LogP contribution in [-0.2, 0) is 4.74 Å². The number of nitrogens with two attached hydrogens (primary N) is 1. The van der Waals surface area contributed by atoms with Crippen LogP contribution >= 0.6 is 0 Å². The number of rotatable bonds is 4. The minimum atomic E-state index is -0.961. The molecule has 0 spiro atoms. The summed E-state index contributed by atoms with van der Waals surface area (Å²) in [6.45, 7) is 0.400. The van der Waals surface area contributed by atoms with Crippen LogP contribution in [0.1, 0.15) is 18.1 Å². The van der Waals surface area contributed by atoms with Crippen molar-refractivity contribution in [2.24, 2.45) is 0 Å². The summed E-state index contributed by atoms with van der Waals surface area (Å²) in [6, 6.07) is 7.47. The van der Waals surface area contributed by atoms with Crippen LogP contribution in [0.25, 0.3) is 0 Å². The van der Waals surface area contributed by atoms with Gasteiger partial charge in [-0.3, -0.25) is 10.1 Å². The van der Waals surface area contributed by atoms with E-state index >= 15 is 0 Å². The van der Waals surface area contributed by atoms with Crippen molar-refractivity contribution in [1.29, 1.82) is 0 Å². The number of nitro groups is 1. The monoisotopic (exact) mass is 335 g/mol. The number of ether oxygens (including phenoxy) is 1. The Morgan fingerprint density at radius 1 is 1.21 bits per heavy atom. The molecule has 0 aromatic heterocycles. The predicted molar refractivity (Wildman–Crippen MR) is 84.6 cm³/mol. The van der Waals surface area contributed by atoms with E-state index in [0.29, 0.717) is 24.3 Å². The van der Waals surface area contributed by atoms with Gasteiger partial charge < -0.3 is 15.8 Å². The molecule has 0 aliphatic carbocycles. The van der Waals surface area contributed by atoms with E-state index < -0.39 is 22.7 Å². The third-order valence-electron chi connectivity index (χ3n) is 3.92. The molecule has 1 aliphatic heterocycles. The Morgan fingerprint density at radius 2 is 2.00 bits per heavy atom. The topological polar surface area (TPSA) is 90.4 Å². The first kappa shape index (κ1) is 16.1. The zero-order valence-electron chi connectivity index (χ0n) is 12.5. The van der Waals surface area contributed by atoms with Gasteiger partial charge in [0.05, 0.1) is 11.0 Å². The molecule has 0 radical (unpaired) electrons. The lowest BCUT2D eigenvalue weighted by Crippen LogP contribution is -2.24. The quantitative estimate of drug-likeness (QED) is 0.508. The van der Waals surface area contributed by atoms with Crippen LogP contribution in [0.4, 0.5) is 25.8 Å². The number of hydrogen-bond acceptors (Lipinski definition) is 5. The average Bonchev–Trinajstić information content (AvgIpc) is 2.98. The maximum absolute atomic E-state index is 13.5. The van der Waals surface area contributed by atoms with Crippen molar-refractivity contribution in [3.8, 4) is 0 Å². The van der Waals surface area contributed by atoms with Crippen molar-refractivity contribution in [3.05, 3.63) is 63.7 Å². The maximum Gasteiger partial charge on any atom is 0.292 e. The summed E-state index contributed by atoms with van der Waals surface area (Å²) in [7, 11) is 0. The summed E-state index contributed by atoms with van der Waals surface area (Å²) < 4.78 is 32.1. The molecule has 0 amide bonds. The van der Waals surface area contributed by atoms with Gasteiger partial charge >= 0.3 is 0 Å². The van der Waals surface area contributed by atoms with Gasteiger partial charge in [0.15, 0.2) is 11.6 Å². The second kappa shape index (κ2) is 6.40. The van der Waals surface area contributed by atoms with Crippen molar-refractivity contribution in [2.75, 3.05) is 17.7 Å². The van der Waals surface area contributed by atoms with E-state index in [1.54, 1.807) is 0 Å². The van der Waals surface area contributed by atoms with Crippen molar-refractivity contribution >= 4 is 17.1 Å². The van der Waals surface area contributed by atoms with Gasteiger partial charge in [0, 0.05) is 18.4 Å². The molecule has 2 atom stereocenters. The standard InChI is InChI=1S/C16H15F2N3O3/c17-11-3-1-9(7-12(11)18)16-13(5-6-24-16)20-14-8-10(19)2-4-15(14)21(22)23/h1-4,7-8,13,16,20H,5-6,19H2/t13-,16+/m1/s1. The minimum Gasteiger partial charge on any atom is -0.399 e. The van der Waals surface area contributed by atoms with Crippen molar-refractivity contribution in [2.45, 2.75) is 18.6 Å². The second-order valence-electron chi connectivity index (χ2n) is 5.54. The molecule has 2 aromatic carbocycles. The molecule has 2 aromatic rings. The molecule has 126 valence electrons. The van der Waals surface area contributed by atoms with Gasteiger partial charge in [-0.2, -0.15) is 0 Å². The summed E-state index contributed by atoms with van der Waals surface area (Å²) in [6.07, 6.45) is 0.0245. The molecule has 0 saturated carbocycles. The van der Waals surface area contributed by atoms with Gasteiger partial charge in [0.1, 0.15) is 11.8 Å². The molecule has 3 N–H and O–H groups in total. The Kier molecular flexibility index (Phi) is 4.30. The summed E-state index contributed by atoms with van der Waals surface area (Å²) >= 11 is 0. The molecule has 1 fully saturated rings. The highest BCUT2D eigenvalue weighted by molar-refractivity contribution is 5.67. The van der Waals surface area contributed by atoms with E-state index in [2.05, 4.69) is 5.32 Å². The van der Waals surface area contributed by atoms with Crippen molar-refractivity contribution in [3.63, 3.8) is 0 Å². The lowest BCUT2D eigenvalue weighted by atomic mass is 10.0. The fraction of sp³-hybridized carbons (Fsp3) is 0.250. The molecule has 0 bridgehead atoms. The Bertz CT molecular complexity index is 785. The smallest absolute Gasteiger partial charge is 0.292 e. The first-order valence-corrected chi connectivity index (χ1v) is 7.32. The summed E-state index contributed by atoms with van der Waals surface area (Å²) in [4.78, 5) is 10.6. The third kappa shape index (κ3) is 3.13. The number of nitro benzene ring substituents is 1. The van der Waals surface area contributed by atoms with Gasteiger partial charge in [-0.15, -0.1) is 0 Å². The lowest BCUT2D eigenvalue weighted by Gasteiger charge is -2.21. The molecule has 0 unspecified atom stereocenters. The fourth-order valence-electron chi connectivity index (χ4n) is 2.78. The zero-order chi connectivity index (χ0) is 17.3. The van der Waals surface area contributed by atoms with Gasteiger partial charge in [0.2, 0.25) is 0 Å². The van der Waals surface area contributed by atoms with Gasteiger partial charge in [0.25, 0.3) is 5.69 Å². The van der Waals surface area contributed by atoms with Crippen LogP contribution in [0.2, 0.25) is 0 Å². The highest BCUT2D eigenvalue weighted by Gasteiger charge is 2.31. The summed E-state index contributed by atoms with van der Waals surface area (Å²) in [5.74, 6) is -1.90. The van der Waals surface area contributed by atoms with E-state index in [1.165, 1.54) is 24.3 Å². The molecule has 6 nitrogen and oxygen atoms in total. The highest BCUT2D eigenvalue weighted by Crippen LogP contribution is 2.35. The first-order valence-electron chi connectivity index (χ1n) is 7.32. The average molecular weight is 335 g/mol. The van der Waals surface area contributed by atoms with Gasteiger partial charge in [-0.1, -0.05) is 6.07 Å². The molecular weight excluding hydrogens is 320 g/mol. The second-order valence-corrected chi connectivity index (χ2v) is 5.54. The normalized spacial score (nSPS) is 20.1. The Hall–Kier alpha value is -2.74. The number of benzene rings is 2.